The van der Waals surface area contributed by atoms with Crippen LogP contribution in [0.4, 0.5) is 13.2 Å². The summed E-state index contributed by atoms with van der Waals surface area (Å²) in [5.41, 5.74) is -0.910. The Hall–Kier alpha value is -1.53. The number of carbonyl (C=O) groups is 1. The number of carbonyl (C=O) groups excluding carboxylic acids is 1. The third-order valence-electron chi connectivity index (χ3n) is 2.00. The minimum atomic E-state index is -4.41. The zero-order valence-corrected chi connectivity index (χ0v) is 8.71. The van der Waals surface area contributed by atoms with E-state index in [2.05, 4.69) is 10.4 Å². The van der Waals surface area contributed by atoms with Crippen LogP contribution in [-0.2, 0) is 17.5 Å². The molecule has 0 saturated heterocycles. The molecule has 0 aliphatic rings. The summed E-state index contributed by atoms with van der Waals surface area (Å²) in [6.45, 7) is 0.295. The zero-order chi connectivity index (χ0) is 12.2. The highest BCUT2D eigenvalue weighted by Gasteiger charge is 2.33. The fraction of sp³-hybridized carbons (Fsp3) is 0.556. The van der Waals surface area contributed by atoms with Crippen molar-refractivity contribution in [3.63, 3.8) is 0 Å². The molecule has 0 fully saturated rings. The van der Waals surface area contributed by atoms with Gasteiger partial charge in [-0.25, -0.2) is 0 Å². The van der Waals surface area contributed by atoms with Crippen LogP contribution in [0.1, 0.15) is 18.5 Å². The lowest BCUT2D eigenvalue weighted by Crippen LogP contribution is -2.18. The summed E-state index contributed by atoms with van der Waals surface area (Å²) in [6, 6.07) is 0.917. The molecule has 1 aromatic heterocycles. The van der Waals surface area contributed by atoms with Crippen molar-refractivity contribution in [3.8, 4) is 0 Å². The third kappa shape index (κ3) is 3.56. The van der Waals surface area contributed by atoms with Crippen molar-refractivity contribution in [2.45, 2.75) is 25.6 Å². The maximum atomic E-state index is 12.2. The van der Waals surface area contributed by atoms with Gasteiger partial charge < -0.3 is 5.32 Å². The maximum Gasteiger partial charge on any atom is 0.435 e. The molecule has 4 nitrogen and oxygen atoms in total. The smallest absolute Gasteiger partial charge is 0.359 e. The molecule has 1 amide bonds. The number of hydrogen-bond donors (Lipinski definition) is 1. The highest BCUT2D eigenvalue weighted by Crippen LogP contribution is 2.27. The molecule has 1 heterocycles. The highest BCUT2D eigenvalue weighted by molar-refractivity contribution is 5.75. The van der Waals surface area contributed by atoms with Crippen LogP contribution < -0.4 is 5.32 Å². The molecule has 90 valence electrons. The topological polar surface area (TPSA) is 46.9 Å². The number of aryl methyl sites for hydroxylation is 1. The molecular weight excluding hydrogens is 223 g/mol. The van der Waals surface area contributed by atoms with Gasteiger partial charge >= 0.3 is 6.18 Å². The second-order valence-corrected chi connectivity index (χ2v) is 3.24. The maximum absolute atomic E-state index is 12.2. The van der Waals surface area contributed by atoms with Crippen molar-refractivity contribution >= 4 is 5.91 Å². The van der Waals surface area contributed by atoms with Gasteiger partial charge in [-0.05, 0) is 12.5 Å². The molecule has 0 radical (unpaired) electrons. The summed E-state index contributed by atoms with van der Waals surface area (Å²) < 4.78 is 37.7. The lowest BCUT2D eigenvalue weighted by Gasteiger charge is -2.02. The zero-order valence-electron chi connectivity index (χ0n) is 8.71. The van der Waals surface area contributed by atoms with E-state index in [9.17, 15) is 18.0 Å². The number of alkyl halides is 3. The van der Waals surface area contributed by atoms with Crippen LogP contribution in [0.15, 0.2) is 12.3 Å². The Morgan fingerprint density at radius 3 is 2.75 bits per heavy atom. The molecule has 1 rings (SSSR count). The van der Waals surface area contributed by atoms with E-state index in [0.717, 1.165) is 6.07 Å². The van der Waals surface area contributed by atoms with Crippen LogP contribution in [0, 0.1) is 0 Å². The van der Waals surface area contributed by atoms with Crippen LogP contribution in [-0.4, -0.2) is 22.7 Å². The Morgan fingerprint density at radius 1 is 1.56 bits per heavy atom. The number of amides is 1. The van der Waals surface area contributed by atoms with E-state index in [1.54, 1.807) is 0 Å². The Kier molecular flexibility index (Phi) is 3.92. The van der Waals surface area contributed by atoms with Crippen molar-refractivity contribution in [2.24, 2.45) is 0 Å². The van der Waals surface area contributed by atoms with Crippen LogP contribution in [0.3, 0.4) is 0 Å². The molecule has 0 bridgehead atoms. The van der Waals surface area contributed by atoms with Crippen molar-refractivity contribution in [3.05, 3.63) is 18.0 Å². The van der Waals surface area contributed by atoms with Gasteiger partial charge in [-0.15, -0.1) is 0 Å². The number of nitrogens with one attached hydrogen (secondary N) is 1. The van der Waals surface area contributed by atoms with Gasteiger partial charge in [-0.1, -0.05) is 0 Å². The summed E-state index contributed by atoms with van der Waals surface area (Å²) in [6.07, 6.45) is -2.42. The van der Waals surface area contributed by atoms with Gasteiger partial charge in [0, 0.05) is 26.2 Å². The summed E-state index contributed by atoms with van der Waals surface area (Å²) >= 11 is 0. The SMILES string of the molecule is CNC(=O)CCCn1ccc(C(F)(F)F)n1. The van der Waals surface area contributed by atoms with Crippen molar-refractivity contribution in [1.82, 2.24) is 15.1 Å². The minimum absolute atomic E-state index is 0.136. The number of rotatable bonds is 4. The second kappa shape index (κ2) is 5.00. The van der Waals surface area contributed by atoms with E-state index >= 15 is 0 Å². The first-order valence-electron chi connectivity index (χ1n) is 4.74. The van der Waals surface area contributed by atoms with E-state index < -0.39 is 11.9 Å². The monoisotopic (exact) mass is 235 g/mol. The van der Waals surface area contributed by atoms with Crippen LogP contribution in [0.2, 0.25) is 0 Å². The first-order valence-corrected chi connectivity index (χ1v) is 4.74. The average molecular weight is 235 g/mol. The van der Waals surface area contributed by atoms with Gasteiger partial charge in [-0.2, -0.15) is 18.3 Å². The van der Waals surface area contributed by atoms with Gasteiger partial charge in [0.2, 0.25) is 5.91 Å². The van der Waals surface area contributed by atoms with E-state index in [1.807, 2.05) is 0 Å². The molecule has 0 aromatic carbocycles. The van der Waals surface area contributed by atoms with E-state index in [-0.39, 0.29) is 12.3 Å². The standard InChI is InChI=1S/C9H12F3N3O/c1-13-8(16)3-2-5-15-6-4-7(14-15)9(10,11)12/h4,6H,2-3,5H2,1H3,(H,13,16). The first kappa shape index (κ1) is 12.5. The van der Waals surface area contributed by atoms with Crippen LogP contribution >= 0.6 is 0 Å². The molecule has 1 N–H and O–H groups in total. The Bertz CT molecular complexity index is 359. The second-order valence-electron chi connectivity index (χ2n) is 3.24. The fourth-order valence-electron chi connectivity index (χ4n) is 1.16. The highest BCUT2D eigenvalue weighted by atomic mass is 19.4. The molecule has 7 heteroatoms. The lowest BCUT2D eigenvalue weighted by atomic mass is 10.3. The normalized spacial score (nSPS) is 11.5. The van der Waals surface area contributed by atoms with Crippen LogP contribution in [0.25, 0.3) is 0 Å². The number of aromatic nitrogens is 2. The summed E-state index contributed by atoms with van der Waals surface area (Å²) in [5.74, 6) is -0.136. The predicted octanol–water partition coefficient (Wildman–Crippen LogP) is 1.43. The predicted molar refractivity (Wildman–Crippen MR) is 50.5 cm³/mol. The molecule has 0 unspecified atom stereocenters. The molecular formula is C9H12F3N3O. The average Bonchev–Trinajstić information content (AvgIpc) is 2.65. The Labute approximate surface area is 90.4 Å². The summed E-state index contributed by atoms with van der Waals surface area (Å²) in [5, 5.41) is 5.80. The Balaban J connectivity index is 2.44. The molecule has 0 aliphatic carbocycles. The van der Waals surface area contributed by atoms with Crippen molar-refractivity contribution in [2.75, 3.05) is 7.05 Å². The molecule has 0 saturated carbocycles. The Morgan fingerprint density at radius 2 is 2.25 bits per heavy atom. The van der Waals surface area contributed by atoms with Gasteiger partial charge in [0.05, 0.1) is 0 Å². The molecule has 0 spiro atoms. The van der Waals surface area contributed by atoms with Crippen LogP contribution in [0.5, 0.6) is 0 Å². The lowest BCUT2D eigenvalue weighted by molar-refractivity contribution is -0.141. The van der Waals surface area contributed by atoms with E-state index in [0.29, 0.717) is 13.0 Å². The van der Waals surface area contributed by atoms with E-state index in [4.69, 9.17) is 0 Å². The quantitative estimate of drug-likeness (QED) is 0.858. The largest absolute Gasteiger partial charge is 0.435 e. The van der Waals surface area contributed by atoms with Gasteiger partial charge in [0.15, 0.2) is 5.69 Å². The van der Waals surface area contributed by atoms with Gasteiger partial charge in [0.1, 0.15) is 0 Å². The third-order valence-corrected chi connectivity index (χ3v) is 2.00. The number of hydrogen-bond acceptors (Lipinski definition) is 2. The molecule has 16 heavy (non-hydrogen) atoms. The van der Waals surface area contributed by atoms with E-state index in [1.165, 1.54) is 17.9 Å². The van der Waals surface area contributed by atoms with Gasteiger partial charge in [0.25, 0.3) is 0 Å². The van der Waals surface area contributed by atoms with Gasteiger partial charge in [-0.3, -0.25) is 9.48 Å². The molecule has 0 atom stereocenters. The van der Waals surface area contributed by atoms with Crippen molar-refractivity contribution in [1.29, 1.82) is 0 Å². The summed E-state index contributed by atoms with van der Waals surface area (Å²) in [7, 11) is 1.51. The molecule has 0 aliphatic heterocycles. The first-order chi connectivity index (χ1) is 7.43. The van der Waals surface area contributed by atoms with Crippen molar-refractivity contribution < 1.29 is 18.0 Å². The number of halogens is 3. The summed E-state index contributed by atoms with van der Waals surface area (Å²) in [4.78, 5) is 10.8. The minimum Gasteiger partial charge on any atom is -0.359 e. The molecule has 1 aromatic rings. The fourth-order valence-corrected chi connectivity index (χ4v) is 1.16. The number of nitrogens with zero attached hydrogens (tertiary/aromatic N) is 2.